The van der Waals surface area contributed by atoms with E-state index in [-0.39, 0.29) is 48.2 Å². The highest BCUT2D eigenvalue weighted by atomic mass is 35.5. The number of aromatic nitrogens is 2. The van der Waals surface area contributed by atoms with Gasteiger partial charge in [0, 0.05) is 43.3 Å². The maximum Gasteiger partial charge on any atom is 0.416 e. The van der Waals surface area contributed by atoms with Crippen molar-refractivity contribution in [3.63, 3.8) is 0 Å². The Morgan fingerprint density at radius 2 is 1.85 bits per heavy atom. The average Bonchev–Trinajstić information content (AvgIpc) is 3.47. The zero-order valence-corrected chi connectivity index (χ0v) is 28.0. The number of carbonyl (C=O) groups excluding carboxylic acids is 1. The smallest absolute Gasteiger partial charge is 0.351 e. The van der Waals surface area contributed by atoms with E-state index in [1.165, 1.54) is 12.1 Å². The van der Waals surface area contributed by atoms with Crippen molar-refractivity contribution < 1.29 is 18.0 Å². The van der Waals surface area contributed by atoms with E-state index in [2.05, 4.69) is 21.7 Å². The van der Waals surface area contributed by atoms with Crippen molar-refractivity contribution in [2.75, 3.05) is 11.9 Å². The number of hydrogen-bond acceptors (Lipinski definition) is 4. The first-order chi connectivity index (χ1) is 22.4. The van der Waals surface area contributed by atoms with Crippen molar-refractivity contribution in [2.24, 2.45) is 5.92 Å². The van der Waals surface area contributed by atoms with Gasteiger partial charge in [-0.15, -0.1) is 0 Å². The Morgan fingerprint density at radius 1 is 1.13 bits per heavy atom. The maximum absolute atomic E-state index is 13.5. The van der Waals surface area contributed by atoms with Gasteiger partial charge in [0.25, 0.3) is 0 Å². The molecule has 2 N–H and O–H groups in total. The average molecular weight is 702 g/mol. The first-order valence-electron chi connectivity index (χ1n) is 14.8. The Kier molecular flexibility index (Phi) is 12.3. The Balaban J connectivity index is 1.54. The molecule has 4 rings (SSSR count). The van der Waals surface area contributed by atoms with Crippen LogP contribution < -0.4 is 10.6 Å². The van der Waals surface area contributed by atoms with E-state index in [1.807, 2.05) is 30.5 Å². The normalized spacial score (nSPS) is 12.6. The van der Waals surface area contributed by atoms with Crippen molar-refractivity contribution in [1.82, 2.24) is 19.8 Å². The van der Waals surface area contributed by atoms with Gasteiger partial charge >= 0.3 is 6.18 Å². The summed E-state index contributed by atoms with van der Waals surface area (Å²) in [7, 11) is 0. The van der Waals surface area contributed by atoms with Gasteiger partial charge in [0.2, 0.25) is 5.91 Å². The van der Waals surface area contributed by atoms with Gasteiger partial charge in [-0.25, -0.2) is 4.98 Å². The molecule has 1 aromatic heterocycles. The summed E-state index contributed by atoms with van der Waals surface area (Å²) in [5.41, 5.74) is 2.25. The van der Waals surface area contributed by atoms with Crippen LogP contribution in [0, 0.1) is 17.2 Å². The first kappa shape index (κ1) is 35.7. The molecular formula is C34H33Cl2F3N6OS. The highest BCUT2D eigenvalue weighted by molar-refractivity contribution is 7.80. The van der Waals surface area contributed by atoms with Gasteiger partial charge in [0.15, 0.2) is 5.11 Å². The van der Waals surface area contributed by atoms with E-state index in [0.717, 1.165) is 24.1 Å². The monoisotopic (exact) mass is 700 g/mol. The summed E-state index contributed by atoms with van der Waals surface area (Å²) in [5.74, 6) is -0.217. The fourth-order valence-corrected chi connectivity index (χ4v) is 5.54. The summed E-state index contributed by atoms with van der Waals surface area (Å²) < 4.78 is 42.1. The number of benzene rings is 3. The van der Waals surface area contributed by atoms with Crippen LogP contribution in [-0.4, -0.2) is 38.1 Å². The molecule has 47 heavy (non-hydrogen) atoms. The van der Waals surface area contributed by atoms with E-state index in [9.17, 15) is 18.0 Å². The van der Waals surface area contributed by atoms with E-state index < -0.39 is 11.7 Å². The predicted octanol–water partition coefficient (Wildman–Crippen LogP) is 8.10. The molecule has 7 nitrogen and oxygen atoms in total. The highest BCUT2D eigenvalue weighted by Crippen LogP contribution is 2.31. The topological polar surface area (TPSA) is 86.0 Å². The summed E-state index contributed by atoms with van der Waals surface area (Å²) in [5, 5.41) is 16.0. The Hall–Kier alpha value is -4.11. The first-order valence-corrected chi connectivity index (χ1v) is 16.0. The van der Waals surface area contributed by atoms with Crippen LogP contribution in [0.5, 0.6) is 0 Å². The summed E-state index contributed by atoms with van der Waals surface area (Å²) >= 11 is 18.5. The molecule has 13 heteroatoms. The molecule has 0 saturated carbocycles. The lowest BCUT2D eigenvalue weighted by molar-refractivity contribution is -0.137. The highest BCUT2D eigenvalue weighted by Gasteiger charge is 2.31. The number of nitriles is 1. The zero-order chi connectivity index (χ0) is 34.1. The zero-order valence-electron chi connectivity index (χ0n) is 25.7. The SMILES string of the molecule is CC[C@H](C)[C@@H](CN(Cc1cccc(Cl)c1Cl)C(=S)Nc1cccc(C(F)(F)F)c1)NC(=O)Cc1cncn1Cc1ccc(C#N)cc1. The number of imidazole rings is 1. The Morgan fingerprint density at radius 3 is 2.53 bits per heavy atom. The Bertz CT molecular complexity index is 1740. The van der Waals surface area contributed by atoms with Crippen LogP contribution in [0.25, 0.3) is 0 Å². The lowest BCUT2D eigenvalue weighted by Gasteiger charge is -2.33. The van der Waals surface area contributed by atoms with Crippen LogP contribution in [-0.2, 0) is 30.5 Å². The van der Waals surface area contributed by atoms with Crippen LogP contribution in [0.2, 0.25) is 10.0 Å². The maximum atomic E-state index is 13.5. The second-order valence-electron chi connectivity index (χ2n) is 11.2. The lowest BCUT2D eigenvalue weighted by Crippen LogP contribution is -2.50. The van der Waals surface area contributed by atoms with Crippen molar-refractivity contribution in [2.45, 2.75) is 52.0 Å². The van der Waals surface area contributed by atoms with Crippen LogP contribution in [0.1, 0.15) is 48.2 Å². The molecule has 0 unspecified atom stereocenters. The van der Waals surface area contributed by atoms with Crippen molar-refractivity contribution in [3.05, 3.63) is 117 Å². The number of nitrogens with zero attached hydrogens (tertiary/aromatic N) is 4. The third kappa shape index (κ3) is 9.94. The van der Waals surface area contributed by atoms with Gasteiger partial charge in [-0.3, -0.25) is 4.79 Å². The minimum absolute atomic E-state index is 0.0104. The standard InChI is InChI=1S/C34H33Cl2F3N6OS/c1-3-22(2)30(43-31(46)15-28-17-41-21-45(28)18-24-12-10-23(16-40)11-13-24)20-44(19-25-6-4-9-29(35)32(25)36)33(47)42-27-8-5-7-26(14-27)34(37,38)39/h4-14,17,21-22,30H,3,15,18-20H2,1-2H3,(H,42,47)(H,43,46)/t22-,30+/m0/s1. The second-order valence-corrected chi connectivity index (χ2v) is 12.3. The molecule has 0 saturated heterocycles. The molecule has 0 aliphatic carbocycles. The molecule has 0 spiro atoms. The van der Waals surface area contributed by atoms with E-state index in [4.69, 9.17) is 40.7 Å². The molecule has 1 amide bonds. The largest absolute Gasteiger partial charge is 0.416 e. The molecule has 1 heterocycles. The van der Waals surface area contributed by atoms with Crippen molar-refractivity contribution in [1.29, 1.82) is 5.26 Å². The summed E-state index contributed by atoms with van der Waals surface area (Å²) in [6.45, 7) is 4.91. The minimum Gasteiger partial charge on any atom is -0.351 e. The molecule has 246 valence electrons. The summed E-state index contributed by atoms with van der Waals surface area (Å²) in [6.07, 6.45) is -0.418. The number of anilines is 1. The number of halogens is 5. The Labute approximate surface area is 287 Å². The molecule has 3 aromatic carbocycles. The number of amides is 1. The van der Waals surface area contributed by atoms with Crippen molar-refractivity contribution >= 4 is 52.1 Å². The van der Waals surface area contributed by atoms with Gasteiger partial charge in [-0.1, -0.05) is 73.8 Å². The van der Waals surface area contributed by atoms with Gasteiger partial charge in [-0.2, -0.15) is 18.4 Å². The number of thiocarbonyl (C=S) groups is 1. The van der Waals surface area contributed by atoms with E-state index in [0.29, 0.717) is 33.4 Å². The minimum atomic E-state index is -4.52. The number of carbonyl (C=O) groups is 1. The molecule has 0 bridgehead atoms. The predicted molar refractivity (Wildman–Crippen MR) is 182 cm³/mol. The van der Waals surface area contributed by atoms with Crippen LogP contribution in [0.15, 0.2) is 79.3 Å². The second kappa shape index (κ2) is 16.1. The molecule has 2 atom stereocenters. The third-order valence-corrected chi connectivity index (χ3v) is 9.01. The summed E-state index contributed by atoms with van der Waals surface area (Å²) in [4.78, 5) is 19.5. The molecule has 4 aromatic rings. The molecule has 0 aliphatic heterocycles. The van der Waals surface area contributed by atoms with Crippen LogP contribution >= 0.6 is 35.4 Å². The van der Waals surface area contributed by atoms with Crippen LogP contribution in [0.4, 0.5) is 18.9 Å². The number of nitrogens with one attached hydrogen (secondary N) is 2. The van der Waals surface area contributed by atoms with Gasteiger partial charge in [0.1, 0.15) is 0 Å². The van der Waals surface area contributed by atoms with Gasteiger partial charge < -0.3 is 20.1 Å². The van der Waals surface area contributed by atoms with E-state index >= 15 is 0 Å². The molecule has 0 fully saturated rings. The van der Waals surface area contributed by atoms with E-state index in [1.54, 1.807) is 47.8 Å². The fourth-order valence-electron chi connectivity index (χ4n) is 4.90. The quantitative estimate of drug-likeness (QED) is 0.145. The number of hydrogen-bond donors (Lipinski definition) is 2. The molecular weight excluding hydrogens is 668 g/mol. The molecule has 0 radical (unpaired) electrons. The number of rotatable bonds is 12. The lowest BCUT2D eigenvalue weighted by atomic mass is 9.98. The third-order valence-electron chi connectivity index (χ3n) is 7.79. The number of alkyl halides is 3. The van der Waals surface area contributed by atoms with Crippen molar-refractivity contribution in [3.8, 4) is 6.07 Å². The molecule has 0 aliphatic rings. The van der Waals surface area contributed by atoms with Gasteiger partial charge in [-0.05, 0) is 65.7 Å². The fraction of sp³-hybridized carbons (Fsp3) is 0.294. The van der Waals surface area contributed by atoms with Crippen LogP contribution in [0.3, 0.4) is 0 Å². The summed E-state index contributed by atoms with van der Waals surface area (Å²) in [6, 6.07) is 18.9. The van der Waals surface area contributed by atoms with Gasteiger partial charge in [0.05, 0.1) is 40.0 Å².